The van der Waals surface area contributed by atoms with Gasteiger partial charge in [0.15, 0.2) is 0 Å². The van der Waals surface area contributed by atoms with Crippen molar-refractivity contribution in [3.63, 3.8) is 0 Å². The maximum atomic E-state index is 5.99. The number of anilines is 1. The molecule has 2 aromatic carbocycles. The molecule has 0 atom stereocenters. The summed E-state index contributed by atoms with van der Waals surface area (Å²) in [6.07, 6.45) is 2.32. The number of benzene rings is 2. The molecule has 1 N–H and O–H groups in total. The summed E-state index contributed by atoms with van der Waals surface area (Å²) < 4.78 is 11.4. The molecule has 1 aliphatic rings. The normalized spacial score (nSPS) is 13.2. The minimum absolute atomic E-state index is 0.574. The summed E-state index contributed by atoms with van der Waals surface area (Å²) in [7, 11) is 0. The average Bonchev–Trinajstić information content (AvgIpc) is 2.54. The largest absolute Gasteiger partial charge is 0.494 e. The van der Waals surface area contributed by atoms with Crippen LogP contribution in [-0.4, -0.2) is 13.2 Å². The Morgan fingerprint density at radius 3 is 2.71 bits per heavy atom. The fourth-order valence-electron chi connectivity index (χ4n) is 2.61. The monoisotopic (exact) mass is 283 g/mol. The van der Waals surface area contributed by atoms with Crippen LogP contribution in [0.2, 0.25) is 0 Å². The zero-order chi connectivity index (χ0) is 14.5. The van der Waals surface area contributed by atoms with Gasteiger partial charge in [-0.05, 0) is 49.1 Å². The van der Waals surface area contributed by atoms with Crippen LogP contribution in [0.25, 0.3) is 0 Å². The molecular weight excluding hydrogens is 262 g/mol. The molecule has 0 saturated heterocycles. The van der Waals surface area contributed by atoms with Crippen molar-refractivity contribution in [2.24, 2.45) is 0 Å². The number of ether oxygens (including phenoxy) is 2. The average molecular weight is 283 g/mol. The van der Waals surface area contributed by atoms with Crippen LogP contribution >= 0.6 is 0 Å². The van der Waals surface area contributed by atoms with Crippen LogP contribution in [0.3, 0.4) is 0 Å². The molecule has 21 heavy (non-hydrogen) atoms. The first-order valence-corrected chi connectivity index (χ1v) is 7.57. The van der Waals surface area contributed by atoms with E-state index in [1.807, 2.05) is 37.3 Å². The van der Waals surface area contributed by atoms with E-state index in [-0.39, 0.29) is 0 Å². The molecule has 2 aromatic rings. The molecule has 0 saturated carbocycles. The Balaban J connectivity index is 1.67. The summed E-state index contributed by atoms with van der Waals surface area (Å²) in [5.41, 5.74) is 3.66. The van der Waals surface area contributed by atoms with Crippen LogP contribution in [0.4, 0.5) is 5.69 Å². The van der Waals surface area contributed by atoms with Crippen molar-refractivity contribution in [1.29, 1.82) is 0 Å². The van der Waals surface area contributed by atoms with Gasteiger partial charge >= 0.3 is 0 Å². The van der Waals surface area contributed by atoms with Gasteiger partial charge in [-0.15, -0.1) is 0 Å². The third kappa shape index (κ3) is 3.30. The number of fused-ring (bicyclic) bond motifs is 1. The highest BCUT2D eigenvalue weighted by atomic mass is 16.5. The van der Waals surface area contributed by atoms with Crippen LogP contribution in [0, 0.1) is 0 Å². The summed E-state index contributed by atoms with van der Waals surface area (Å²) in [6.45, 7) is 4.28. The first-order chi connectivity index (χ1) is 10.4. The van der Waals surface area contributed by atoms with E-state index in [9.17, 15) is 0 Å². The smallest absolute Gasteiger partial charge is 0.143 e. The first-order valence-electron chi connectivity index (χ1n) is 7.57. The number of rotatable bonds is 5. The first kappa shape index (κ1) is 13.8. The Morgan fingerprint density at radius 2 is 1.90 bits per heavy atom. The van der Waals surface area contributed by atoms with Crippen molar-refractivity contribution in [2.45, 2.75) is 26.4 Å². The van der Waals surface area contributed by atoms with Crippen molar-refractivity contribution < 1.29 is 9.47 Å². The summed E-state index contributed by atoms with van der Waals surface area (Å²) in [4.78, 5) is 0. The molecule has 110 valence electrons. The fraction of sp³-hybridized carbons (Fsp3) is 0.333. The van der Waals surface area contributed by atoms with Gasteiger partial charge < -0.3 is 14.8 Å². The zero-order valence-electron chi connectivity index (χ0n) is 12.4. The molecular formula is C18H21NO2. The maximum Gasteiger partial charge on any atom is 0.143 e. The Kier molecular flexibility index (Phi) is 4.29. The summed E-state index contributed by atoms with van der Waals surface area (Å²) in [5.74, 6) is 1.85. The zero-order valence-corrected chi connectivity index (χ0v) is 12.4. The van der Waals surface area contributed by atoms with Crippen LogP contribution in [0.5, 0.6) is 11.5 Å². The van der Waals surface area contributed by atoms with Crippen molar-refractivity contribution >= 4 is 5.69 Å². The molecule has 0 unspecified atom stereocenters. The lowest BCUT2D eigenvalue weighted by molar-refractivity contribution is 0.306. The molecule has 0 aromatic heterocycles. The van der Waals surface area contributed by atoms with Gasteiger partial charge in [0.1, 0.15) is 18.1 Å². The predicted octanol–water partition coefficient (Wildman–Crippen LogP) is 4.02. The Morgan fingerprint density at radius 1 is 1.05 bits per heavy atom. The topological polar surface area (TPSA) is 30.5 Å². The molecule has 0 bridgehead atoms. The SMILES string of the molecule is CCOc1ccc(COc2cccc3c2NCCC3)cc1. The molecule has 0 fully saturated rings. The second kappa shape index (κ2) is 6.53. The van der Waals surface area contributed by atoms with Crippen molar-refractivity contribution in [1.82, 2.24) is 0 Å². The highest BCUT2D eigenvalue weighted by Gasteiger charge is 2.13. The lowest BCUT2D eigenvalue weighted by Gasteiger charge is -2.21. The molecule has 3 nitrogen and oxygen atoms in total. The van der Waals surface area contributed by atoms with E-state index in [4.69, 9.17) is 9.47 Å². The van der Waals surface area contributed by atoms with Gasteiger partial charge in [0.25, 0.3) is 0 Å². The third-order valence-corrected chi connectivity index (χ3v) is 3.67. The van der Waals surface area contributed by atoms with Gasteiger partial charge in [-0.1, -0.05) is 24.3 Å². The summed E-state index contributed by atoms with van der Waals surface area (Å²) >= 11 is 0. The van der Waals surface area contributed by atoms with Crippen molar-refractivity contribution in [3.05, 3.63) is 53.6 Å². The molecule has 0 radical (unpaired) electrons. The van der Waals surface area contributed by atoms with E-state index < -0.39 is 0 Å². The highest BCUT2D eigenvalue weighted by Crippen LogP contribution is 2.32. The van der Waals surface area contributed by atoms with Crippen LogP contribution in [0.15, 0.2) is 42.5 Å². The van der Waals surface area contributed by atoms with E-state index in [1.54, 1.807) is 0 Å². The van der Waals surface area contributed by atoms with E-state index in [1.165, 1.54) is 12.0 Å². The van der Waals surface area contributed by atoms with Gasteiger partial charge in [0.2, 0.25) is 0 Å². The maximum absolute atomic E-state index is 5.99. The van der Waals surface area contributed by atoms with Crippen molar-refractivity contribution in [3.8, 4) is 11.5 Å². The fourth-order valence-corrected chi connectivity index (χ4v) is 2.61. The van der Waals surface area contributed by atoms with Gasteiger partial charge in [-0.3, -0.25) is 0 Å². The summed E-state index contributed by atoms with van der Waals surface area (Å²) in [5, 5.41) is 3.45. The van der Waals surface area contributed by atoms with E-state index in [0.717, 1.165) is 35.7 Å². The lowest BCUT2D eigenvalue weighted by atomic mass is 10.0. The minimum atomic E-state index is 0.574. The molecule has 1 aliphatic heterocycles. The quantitative estimate of drug-likeness (QED) is 0.899. The lowest BCUT2D eigenvalue weighted by Crippen LogP contribution is -2.13. The second-order valence-electron chi connectivity index (χ2n) is 5.19. The van der Waals surface area contributed by atoms with Crippen molar-refractivity contribution in [2.75, 3.05) is 18.5 Å². The number of hydrogen-bond acceptors (Lipinski definition) is 3. The third-order valence-electron chi connectivity index (χ3n) is 3.67. The van der Waals surface area contributed by atoms with Crippen LogP contribution in [0.1, 0.15) is 24.5 Å². The number of aryl methyl sites for hydroxylation is 1. The standard InChI is InChI=1S/C18H21NO2/c1-2-20-16-10-8-14(9-11-16)13-21-17-7-3-5-15-6-4-12-19-18(15)17/h3,5,7-11,19H,2,4,6,12-13H2,1H3. The summed E-state index contributed by atoms with van der Waals surface area (Å²) in [6, 6.07) is 14.3. The van der Waals surface area contributed by atoms with E-state index >= 15 is 0 Å². The number of hydrogen-bond donors (Lipinski definition) is 1. The molecule has 3 heteroatoms. The molecule has 0 aliphatic carbocycles. The molecule has 0 spiro atoms. The van der Waals surface area contributed by atoms with Gasteiger partial charge in [-0.2, -0.15) is 0 Å². The van der Waals surface area contributed by atoms with Gasteiger partial charge in [0.05, 0.1) is 12.3 Å². The Labute approximate surface area is 125 Å². The highest BCUT2D eigenvalue weighted by molar-refractivity contribution is 5.63. The van der Waals surface area contributed by atoms with Crippen LogP contribution in [-0.2, 0) is 13.0 Å². The van der Waals surface area contributed by atoms with E-state index in [0.29, 0.717) is 13.2 Å². The predicted molar refractivity (Wildman–Crippen MR) is 85.2 cm³/mol. The minimum Gasteiger partial charge on any atom is -0.494 e. The number of nitrogens with one attached hydrogen (secondary N) is 1. The van der Waals surface area contributed by atoms with E-state index in [2.05, 4.69) is 17.4 Å². The number of para-hydroxylation sites is 1. The molecule has 3 rings (SSSR count). The Hall–Kier alpha value is -2.16. The second-order valence-corrected chi connectivity index (χ2v) is 5.19. The van der Waals surface area contributed by atoms with Gasteiger partial charge in [0, 0.05) is 6.54 Å². The van der Waals surface area contributed by atoms with Crippen LogP contribution < -0.4 is 14.8 Å². The Bertz CT molecular complexity index is 593. The molecule has 0 amide bonds. The molecule has 1 heterocycles. The van der Waals surface area contributed by atoms with Gasteiger partial charge in [-0.25, -0.2) is 0 Å².